The summed E-state index contributed by atoms with van der Waals surface area (Å²) in [5.74, 6) is -0.964. The van der Waals surface area contributed by atoms with E-state index in [4.69, 9.17) is 5.11 Å². The zero-order valence-corrected chi connectivity index (χ0v) is 6.28. The second-order valence-corrected chi connectivity index (χ2v) is 2.52. The predicted molar refractivity (Wildman–Crippen MR) is 37.2 cm³/mol. The van der Waals surface area contributed by atoms with Gasteiger partial charge in [-0.3, -0.25) is 4.79 Å². The van der Waals surface area contributed by atoms with Crippen LogP contribution < -0.4 is 0 Å². The van der Waals surface area contributed by atoms with Crippen LogP contribution >= 0.6 is 0 Å². The van der Waals surface area contributed by atoms with Crippen molar-refractivity contribution in [1.82, 2.24) is 9.80 Å². The number of amides is 2. The van der Waals surface area contributed by atoms with Crippen LogP contribution in [0.4, 0.5) is 4.79 Å². The van der Waals surface area contributed by atoms with Crippen molar-refractivity contribution in [1.29, 1.82) is 0 Å². The summed E-state index contributed by atoms with van der Waals surface area (Å²) in [7, 11) is 1.66. The molecule has 1 saturated heterocycles. The van der Waals surface area contributed by atoms with E-state index in [0.717, 1.165) is 0 Å². The van der Waals surface area contributed by atoms with Crippen LogP contribution in [0.5, 0.6) is 0 Å². The first kappa shape index (κ1) is 7.84. The third kappa shape index (κ3) is 1.60. The third-order valence-corrected chi connectivity index (χ3v) is 1.63. The molecule has 0 saturated carbocycles. The van der Waals surface area contributed by atoms with Gasteiger partial charge >= 0.3 is 12.0 Å². The van der Waals surface area contributed by atoms with Crippen molar-refractivity contribution < 1.29 is 14.7 Å². The zero-order valence-electron chi connectivity index (χ0n) is 6.28. The summed E-state index contributed by atoms with van der Waals surface area (Å²) in [6.45, 7) is 0.941. The lowest BCUT2D eigenvalue weighted by Gasteiger charge is -2.12. The number of urea groups is 1. The van der Waals surface area contributed by atoms with E-state index >= 15 is 0 Å². The first-order chi connectivity index (χ1) is 5.11. The lowest BCUT2D eigenvalue weighted by Crippen LogP contribution is -2.33. The Morgan fingerprint density at radius 3 is 2.64 bits per heavy atom. The average molecular weight is 158 g/mol. The predicted octanol–water partition coefficient (Wildman–Crippen LogP) is -0.562. The van der Waals surface area contributed by atoms with Crippen LogP contribution in [0, 0.1) is 0 Å². The molecule has 1 rings (SSSR count). The first-order valence-electron chi connectivity index (χ1n) is 3.33. The monoisotopic (exact) mass is 158 g/mol. The topological polar surface area (TPSA) is 60.9 Å². The molecule has 0 bridgehead atoms. The van der Waals surface area contributed by atoms with Gasteiger partial charge < -0.3 is 14.9 Å². The minimum atomic E-state index is -0.964. The molecule has 2 amide bonds. The summed E-state index contributed by atoms with van der Waals surface area (Å²) in [4.78, 5) is 24.0. The van der Waals surface area contributed by atoms with Gasteiger partial charge in [0.05, 0.1) is 0 Å². The molecule has 11 heavy (non-hydrogen) atoms. The van der Waals surface area contributed by atoms with E-state index in [1.165, 1.54) is 9.80 Å². The number of aliphatic carboxylic acids is 1. The van der Waals surface area contributed by atoms with E-state index in [-0.39, 0.29) is 12.6 Å². The maximum absolute atomic E-state index is 11.0. The van der Waals surface area contributed by atoms with E-state index in [2.05, 4.69) is 0 Å². The summed E-state index contributed by atoms with van der Waals surface area (Å²) in [5, 5.41) is 8.37. The Bertz CT molecular complexity index is 192. The molecule has 0 unspecified atom stereocenters. The molecule has 0 atom stereocenters. The normalized spacial score (nSPS) is 17.7. The highest BCUT2D eigenvalue weighted by Gasteiger charge is 2.26. The fraction of sp³-hybridized carbons (Fsp3) is 0.667. The molecule has 1 N–H and O–H groups in total. The molecule has 0 radical (unpaired) electrons. The minimum Gasteiger partial charge on any atom is -0.480 e. The van der Waals surface area contributed by atoms with Crippen molar-refractivity contribution in [3.8, 4) is 0 Å². The van der Waals surface area contributed by atoms with Gasteiger partial charge in [0.1, 0.15) is 6.54 Å². The third-order valence-electron chi connectivity index (χ3n) is 1.63. The Balaban J connectivity index is 2.49. The van der Waals surface area contributed by atoms with Gasteiger partial charge in [-0.25, -0.2) is 4.79 Å². The van der Waals surface area contributed by atoms with Crippen molar-refractivity contribution in [2.45, 2.75) is 0 Å². The van der Waals surface area contributed by atoms with Crippen LogP contribution in [-0.4, -0.2) is 53.6 Å². The van der Waals surface area contributed by atoms with Crippen molar-refractivity contribution in [2.24, 2.45) is 0 Å². The molecule has 1 aliphatic heterocycles. The van der Waals surface area contributed by atoms with Crippen molar-refractivity contribution >= 4 is 12.0 Å². The van der Waals surface area contributed by atoms with Gasteiger partial charge in [0.25, 0.3) is 0 Å². The van der Waals surface area contributed by atoms with Crippen LogP contribution in [0.25, 0.3) is 0 Å². The van der Waals surface area contributed by atoms with Crippen LogP contribution in [0.3, 0.4) is 0 Å². The SMILES string of the molecule is CN1CCN(CC(=O)O)C1=O. The Hall–Kier alpha value is -1.26. The second kappa shape index (κ2) is 2.77. The highest BCUT2D eigenvalue weighted by atomic mass is 16.4. The fourth-order valence-electron chi connectivity index (χ4n) is 1.01. The highest BCUT2D eigenvalue weighted by molar-refractivity contribution is 5.81. The number of carboxylic acid groups (broad SMARTS) is 1. The maximum Gasteiger partial charge on any atom is 0.323 e. The number of hydrogen-bond acceptors (Lipinski definition) is 2. The number of hydrogen-bond donors (Lipinski definition) is 1. The number of carbonyl (C=O) groups is 2. The number of carbonyl (C=O) groups excluding carboxylic acids is 1. The van der Waals surface area contributed by atoms with Gasteiger partial charge in [-0.15, -0.1) is 0 Å². The number of carboxylic acids is 1. The maximum atomic E-state index is 11.0. The van der Waals surface area contributed by atoms with Crippen molar-refractivity contribution in [3.63, 3.8) is 0 Å². The molecule has 0 aromatic rings. The molecule has 62 valence electrons. The molecule has 0 aromatic carbocycles. The van der Waals surface area contributed by atoms with Gasteiger partial charge in [-0.1, -0.05) is 0 Å². The number of nitrogens with zero attached hydrogens (tertiary/aromatic N) is 2. The minimum absolute atomic E-state index is 0.191. The molecular weight excluding hydrogens is 148 g/mol. The molecule has 5 heteroatoms. The van der Waals surface area contributed by atoms with E-state index in [1.807, 2.05) is 0 Å². The van der Waals surface area contributed by atoms with Crippen molar-refractivity contribution in [2.75, 3.05) is 26.7 Å². The van der Waals surface area contributed by atoms with Gasteiger partial charge in [-0.2, -0.15) is 0 Å². The molecule has 1 fully saturated rings. The fourth-order valence-corrected chi connectivity index (χ4v) is 1.01. The van der Waals surface area contributed by atoms with E-state index in [1.54, 1.807) is 7.05 Å². The Morgan fingerprint density at radius 2 is 2.27 bits per heavy atom. The quantitative estimate of drug-likeness (QED) is 0.586. The first-order valence-corrected chi connectivity index (χ1v) is 3.33. The van der Waals surface area contributed by atoms with Gasteiger partial charge in [-0.05, 0) is 0 Å². The Kier molecular flexibility index (Phi) is 1.98. The summed E-state index contributed by atoms with van der Waals surface area (Å²) < 4.78 is 0. The summed E-state index contributed by atoms with van der Waals surface area (Å²) in [6.07, 6.45) is 0. The zero-order chi connectivity index (χ0) is 8.43. The molecular formula is C6H10N2O3. The standard InChI is InChI=1S/C6H10N2O3/c1-7-2-3-8(6(7)11)4-5(9)10/h2-4H2,1H3,(H,9,10). The lowest BCUT2D eigenvalue weighted by molar-refractivity contribution is -0.137. The van der Waals surface area contributed by atoms with Crippen LogP contribution in [-0.2, 0) is 4.79 Å². The van der Waals surface area contributed by atoms with Gasteiger partial charge in [0.2, 0.25) is 0 Å². The number of likely N-dealkylation sites (N-methyl/N-ethyl adjacent to an activating group) is 1. The molecule has 5 nitrogen and oxygen atoms in total. The molecule has 0 aliphatic carbocycles. The molecule has 1 heterocycles. The number of rotatable bonds is 2. The summed E-state index contributed by atoms with van der Waals surface area (Å²) in [6, 6.07) is -0.201. The van der Waals surface area contributed by atoms with E-state index in [0.29, 0.717) is 13.1 Å². The highest BCUT2D eigenvalue weighted by Crippen LogP contribution is 2.04. The van der Waals surface area contributed by atoms with Gasteiger partial charge in [0, 0.05) is 20.1 Å². The summed E-state index contributed by atoms with van der Waals surface area (Å²) >= 11 is 0. The van der Waals surface area contributed by atoms with E-state index in [9.17, 15) is 9.59 Å². The van der Waals surface area contributed by atoms with Crippen LogP contribution in [0.1, 0.15) is 0 Å². The smallest absolute Gasteiger partial charge is 0.323 e. The Morgan fingerprint density at radius 1 is 1.64 bits per heavy atom. The van der Waals surface area contributed by atoms with Crippen LogP contribution in [0.2, 0.25) is 0 Å². The molecule has 0 spiro atoms. The molecule has 0 aromatic heterocycles. The summed E-state index contributed by atoms with van der Waals surface area (Å²) in [5.41, 5.74) is 0. The molecule has 1 aliphatic rings. The Labute approximate surface area is 64.2 Å². The second-order valence-electron chi connectivity index (χ2n) is 2.52. The van der Waals surface area contributed by atoms with E-state index < -0.39 is 5.97 Å². The van der Waals surface area contributed by atoms with Crippen molar-refractivity contribution in [3.05, 3.63) is 0 Å². The average Bonchev–Trinajstić information content (AvgIpc) is 2.18. The lowest BCUT2D eigenvalue weighted by atomic mass is 10.5. The van der Waals surface area contributed by atoms with Crippen LogP contribution in [0.15, 0.2) is 0 Å². The largest absolute Gasteiger partial charge is 0.480 e. The van der Waals surface area contributed by atoms with Gasteiger partial charge in [0.15, 0.2) is 0 Å².